The third-order valence-corrected chi connectivity index (χ3v) is 6.36. The number of benzene rings is 3. The van der Waals surface area contributed by atoms with Gasteiger partial charge in [-0.1, -0.05) is 24.3 Å². The highest BCUT2D eigenvalue weighted by Gasteiger charge is 2.19. The second kappa shape index (κ2) is 8.75. The lowest BCUT2D eigenvalue weighted by Crippen LogP contribution is -2.41. The number of hydrogen-bond acceptors (Lipinski definition) is 4. The molecule has 0 aliphatic heterocycles. The number of aryl methyl sites for hydroxylation is 1. The summed E-state index contributed by atoms with van der Waals surface area (Å²) in [5.74, 6) is -1.71. The van der Waals surface area contributed by atoms with E-state index in [2.05, 4.69) is 20.6 Å². The largest absolute Gasteiger partial charge is 0.360 e. The molecular weight excluding hydrogens is 447 g/mol. The van der Waals surface area contributed by atoms with E-state index in [0.29, 0.717) is 16.5 Å². The van der Waals surface area contributed by atoms with E-state index in [4.69, 9.17) is 0 Å². The number of hydrazine groups is 1. The van der Waals surface area contributed by atoms with Crippen molar-refractivity contribution in [3.05, 3.63) is 95.4 Å². The van der Waals surface area contributed by atoms with Crippen LogP contribution < -0.4 is 15.6 Å². The van der Waals surface area contributed by atoms with Crippen molar-refractivity contribution in [3.8, 4) is 0 Å². The third-order valence-electron chi connectivity index (χ3n) is 4.98. The van der Waals surface area contributed by atoms with Crippen LogP contribution in [0.5, 0.6) is 0 Å². The topological polar surface area (TPSA) is 120 Å². The third kappa shape index (κ3) is 4.70. The van der Waals surface area contributed by atoms with Crippen LogP contribution in [0.2, 0.25) is 0 Å². The molecule has 4 aromatic rings. The van der Waals surface area contributed by atoms with E-state index < -0.39 is 27.7 Å². The van der Waals surface area contributed by atoms with Gasteiger partial charge < -0.3 is 4.98 Å². The number of para-hydroxylation sites is 1. The number of H-pyrrole nitrogens is 1. The summed E-state index contributed by atoms with van der Waals surface area (Å²) in [6.45, 7) is 1.64. The summed E-state index contributed by atoms with van der Waals surface area (Å²) >= 11 is 0. The predicted octanol–water partition coefficient (Wildman–Crippen LogP) is 3.49. The molecule has 10 heteroatoms. The van der Waals surface area contributed by atoms with Crippen LogP contribution in [0.15, 0.2) is 77.8 Å². The van der Waals surface area contributed by atoms with Gasteiger partial charge in [-0.2, -0.15) is 0 Å². The van der Waals surface area contributed by atoms with Crippen molar-refractivity contribution in [1.82, 2.24) is 15.8 Å². The number of carbonyl (C=O) groups is 2. The standard InChI is InChI=1S/C23H19FN4O4S/c1-14-6-11-17(33(31,32)28-16-9-7-15(24)8-10-16)12-19(14)22(29)26-27-23(30)20-13-25-21-5-3-2-4-18(20)21/h2-13,25,28H,1H3,(H,26,29)(H,27,30). The molecule has 4 N–H and O–H groups in total. The molecule has 0 bridgehead atoms. The van der Waals surface area contributed by atoms with E-state index in [-0.39, 0.29) is 16.1 Å². The monoisotopic (exact) mass is 466 g/mol. The summed E-state index contributed by atoms with van der Waals surface area (Å²) in [7, 11) is -4.03. The summed E-state index contributed by atoms with van der Waals surface area (Å²) in [6, 6.07) is 16.1. The van der Waals surface area contributed by atoms with E-state index in [1.165, 1.54) is 36.5 Å². The maximum Gasteiger partial charge on any atom is 0.271 e. The van der Waals surface area contributed by atoms with Crippen molar-refractivity contribution in [2.24, 2.45) is 0 Å². The van der Waals surface area contributed by atoms with E-state index in [9.17, 15) is 22.4 Å². The van der Waals surface area contributed by atoms with Crippen molar-refractivity contribution in [1.29, 1.82) is 0 Å². The van der Waals surface area contributed by atoms with Crippen molar-refractivity contribution in [3.63, 3.8) is 0 Å². The second-order valence-electron chi connectivity index (χ2n) is 7.25. The molecule has 2 amide bonds. The molecule has 4 rings (SSSR count). The van der Waals surface area contributed by atoms with Gasteiger partial charge in [-0.3, -0.25) is 25.2 Å². The van der Waals surface area contributed by atoms with Crippen LogP contribution in [0.3, 0.4) is 0 Å². The number of aromatic amines is 1. The molecule has 0 saturated carbocycles. The zero-order chi connectivity index (χ0) is 23.6. The summed E-state index contributed by atoms with van der Waals surface area (Å²) in [6.07, 6.45) is 1.53. The number of aromatic nitrogens is 1. The van der Waals surface area contributed by atoms with Gasteiger partial charge in [-0.25, -0.2) is 12.8 Å². The van der Waals surface area contributed by atoms with Crippen LogP contribution in [0.4, 0.5) is 10.1 Å². The first-order valence-corrected chi connectivity index (χ1v) is 11.3. The molecule has 3 aromatic carbocycles. The maximum atomic E-state index is 13.1. The minimum absolute atomic E-state index is 0.0659. The minimum atomic E-state index is -4.03. The van der Waals surface area contributed by atoms with Gasteiger partial charge in [0.25, 0.3) is 21.8 Å². The molecule has 168 valence electrons. The van der Waals surface area contributed by atoms with Gasteiger partial charge in [-0.15, -0.1) is 0 Å². The average Bonchev–Trinajstić information content (AvgIpc) is 3.23. The van der Waals surface area contributed by atoms with Gasteiger partial charge in [0.05, 0.1) is 10.5 Å². The Bertz CT molecular complexity index is 1460. The molecule has 0 atom stereocenters. The number of sulfonamides is 1. The quantitative estimate of drug-likeness (QED) is 0.337. The highest BCUT2D eigenvalue weighted by molar-refractivity contribution is 7.92. The van der Waals surface area contributed by atoms with E-state index in [0.717, 1.165) is 17.6 Å². The first-order chi connectivity index (χ1) is 15.7. The molecule has 0 unspecified atom stereocenters. The summed E-state index contributed by atoms with van der Waals surface area (Å²) < 4.78 is 40.8. The zero-order valence-electron chi connectivity index (χ0n) is 17.3. The molecule has 1 heterocycles. The number of carbonyl (C=O) groups excluding carboxylic acids is 2. The smallest absolute Gasteiger partial charge is 0.271 e. The minimum Gasteiger partial charge on any atom is -0.360 e. The lowest BCUT2D eigenvalue weighted by Gasteiger charge is -2.12. The molecular formula is C23H19FN4O4S. The Morgan fingerprint density at radius 3 is 2.27 bits per heavy atom. The van der Waals surface area contributed by atoms with Crippen LogP contribution in [0.25, 0.3) is 10.9 Å². The van der Waals surface area contributed by atoms with Crippen molar-refractivity contribution < 1.29 is 22.4 Å². The number of halogens is 1. The Labute approximate surface area is 188 Å². The molecule has 0 spiro atoms. The van der Waals surface area contributed by atoms with Gasteiger partial charge >= 0.3 is 0 Å². The highest BCUT2D eigenvalue weighted by Crippen LogP contribution is 2.20. The molecule has 33 heavy (non-hydrogen) atoms. The fourth-order valence-corrected chi connectivity index (χ4v) is 4.34. The molecule has 0 aliphatic carbocycles. The Kier molecular flexibility index (Phi) is 5.84. The molecule has 0 aliphatic rings. The number of nitrogens with one attached hydrogen (secondary N) is 4. The van der Waals surface area contributed by atoms with Crippen LogP contribution in [0.1, 0.15) is 26.3 Å². The first kappa shape index (κ1) is 22.0. The molecule has 0 saturated heterocycles. The van der Waals surface area contributed by atoms with E-state index in [1.54, 1.807) is 19.1 Å². The lowest BCUT2D eigenvalue weighted by atomic mass is 10.1. The van der Waals surface area contributed by atoms with Crippen molar-refractivity contribution in [2.75, 3.05) is 4.72 Å². The molecule has 0 fully saturated rings. The zero-order valence-corrected chi connectivity index (χ0v) is 18.2. The van der Waals surface area contributed by atoms with E-state index in [1.807, 2.05) is 12.1 Å². The highest BCUT2D eigenvalue weighted by atomic mass is 32.2. The Morgan fingerprint density at radius 1 is 0.879 bits per heavy atom. The average molecular weight is 466 g/mol. The summed E-state index contributed by atoms with van der Waals surface area (Å²) in [5, 5.41) is 0.695. The lowest BCUT2D eigenvalue weighted by molar-refractivity contribution is 0.0847. The van der Waals surface area contributed by atoms with Gasteiger partial charge in [0, 0.05) is 28.4 Å². The Hall–Kier alpha value is -4.18. The number of fused-ring (bicyclic) bond motifs is 1. The first-order valence-electron chi connectivity index (χ1n) is 9.80. The van der Waals surface area contributed by atoms with Crippen molar-refractivity contribution in [2.45, 2.75) is 11.8 Å². The Morgan fingerprint density at radius 2 is 1.55 bits per heavy atom. The van der Waals surface area contributed by atoms with Crippen LogP contribution in [-0.4, -0.2) is 25.2 Å². The molecule has 8 nitrogen and oxygen atoms in total. The van der Waals surface area contributed by atoms with Gasteiger partial charge in [0.15, 0.2) is 0 Å². The van der Waals surface area contributed by atoms with Crippen LogP contribution >= 0.6 is 0 Å². The number of rotatable bonds is 5. The van der Waals surface area contributed by atoms with Gasteiger partial charge in [-0.05, 0) is 55.0 Å². The normalized spacial score (nSPS) is 11.2. The number of hydrogen-bond donors (Lipinski definition) is 4. The summed E-state index contributed by atoms with van der Waals surface area (Å²) in [5.41, 5.74) is 6.54. The fourth-order valence-electron chi connectivity index (χ4n) is 3.25. The Balaban J connectivity index is 1.50. The van der Waals surface area contributed by atoms with Crippen LogP contribution in [-0.2, 0) is 10.0 Å². The van der Waals surface area contributed by atoms with Gasteiger partial charge in [0.1, 0.15) is 5.82 Å². The number of anilines is 1. The fraction of sp³-hybridized carbons (Fsp3) is 0.0435. The summed E-state index contributed by atoms with van der Waals surface area (Å²) in [4.78, 5) is 28.0. The van der Waals surface area contributed by atoms with Gasteiger partial charge in [0.2, 0.25) is 0 Å². The van der Waals surface area contributed by atoms with Crippen LogP contribution in [0, 0.1) is 12.7 Å². The molecule has 0 radical (unpaired) electrons. The number of amides is 2. The SMILES string of the molecule is Cc1ccc(S(=O)(=O)Nc2ccc(F)cc2)cc1C(=O)NNC(=O)c1c[nH]c2ccccc12. The second-order valence-corrected chi connectivity index (χ2v) is 8.93. The van der Waals surface area contributed by atoms with Crippen molar-refractivity contribution >= 4 is 38.4 Å². The maximum absolute atomic E-state index is 13.1. The molecule has 1 aromatic heterocycles. The van der Waals surface area contributed by atoms with E-state index >= 15 is 0 Å². The predicted molar refractivity (Wildman–Crippen MR) is 122 cm³/mol.